The molecule has 3 N–H and O–H groups in total. The molecule has 0 aliphatic carbocycles. The van der Waals surface area contributed by atoms with E-state index in [1.54, 1.807) is 35.0 Å². The Morgan fingerprint density at radius 3 is 2.15 bits per heavy atom. The summed E-state index contributed by atoms with van der Waals surface area (Å²) in [6, 6.07) is 16.4. The van der Waals surface area contributed by atoms with Crippen molar-refractivity contribution in [2.75, 3.05) is 10.6 Å². The lowest BCUT2D eigenvalue weighted by molar-refractivity contribution is -0.118. The fourth-order valence-electron chi connectivity index (χ4n) is 2.49. The van der Waals surface area contributed by atoms with E-state index in [9.17, 15) is 9.59 Å². The zero-order valence-electron chi connectivity index (χ0n) is 15.0. The molecule has 0 spiro atoms. The Balaban J connectivity index is 1.77. The van der Waals surface area contributed by atoms with Gasteiger partial charge in [-0.2, -0.15) is 0 Å². The van der Waals surface area contributed by atoms with Crippen LogP contribution < -0.4 is 10.6 Å². The van der Waals surface area contributed by atoms with Crippen molar-refractivity contribution in [1.82, 2.24) is 9.55 Å². The summed E-state index contributed by atoms with van der Waals surface area (Å²) >= 11 is 5.30. The van der Waals surface area contributed by atoms with Gasteiger partial charge in [0, 0.05) is 29.2 Å². The van der Waals surface area contributed by atoms with Crippen LogP contribution in [0, 0.1) is 10.7 Å². The van der Waals surface area contributed by atoms with Crippen molar-refractivity contribution < 1.29 is 9.59 Å². The Kier molecular flexibility index (Phi) is 5.52. The van der Waals surface area contributed by atoms with Crippen LogP contribution in [0.4, 0.5) is 11.4 Å². The molecule has 0 saturated carbocycles. The minimum atomic E-state index is -0.287. The number of rotatable bonds is 5. The van der Waals surface area contributed by atoms with E-state index in [1.807, 2.05) is 44.2 Å². The van der Waals surface area contributed by atoms with Crippen molar-refractivity contribution in [3.63, 3.8) is 0 Å². The first-order chi connectivity index (χ1) is 13.0. The van der Waals surface area contributed by atoms with Crippen molar-refractivity contribution in [1.29, 1.82) is 0 Å². The molecule has 0 radical (unpaired) electrons. The van der Waals surface area contributed by atoms with E-state index in [2.05, 4.69) is 15.6 Å². The number of aromatic nitrogens is 2. The summed E-state index contributed by atoms with van der Waals surface area (Å²) in [5.41, 5.74) is 2.51. The molecule has 0 fully saturated rings. The number of imidazole rings is 1. The standard InChI is InChI=1S/C20H20N4O2S/c1-13(2)18(25)22-14-8-10-15(11-9-14)23-19(26)17-12-21-20(27)24(17)16-6-4-3-5-7-16/h3-13H,1-2H3,(H,21,27)(H,22,25)(H,23,26). The second-order valence-electron chi connectivity index (χ2n) is 6.33. The van der Waals surface area contributed by atoms with Gasteiger partial charge >= 0.3 is 0 Å². The van der Waals surface area contributed by atoms with Crippen LogP contribution in [0.15, 0.2) is 60.8 Å². The summed E-state index contributed by atoms with van der Waals surface area (Å²) in [7, 11) is 0. The first-order valence-corrected chi connectivity index (χ1v) is 8.94. The van der Waals surface area contributed by atoms with Crippen LogP contribution in [-0.2, 0) is 4.79 Å². The molecule has 6 nitrogen and oxygen atoms in total. The molecule has 3 aromatic rings. The average Bonchev–Trinajstić information content (AvgIpc) is 3.05. The van der Waals surface area contributed by atoms with E-state index in [1.165, 1.54) is 0 Å². The lowest BCUT2D eigenvalue weighted by atomic mass is 10.2. The Morgan fingerprint density at radius 2 is 1.56 bits per heavy atom. The number of aromatic amines is 1. The van der Waals surface area contributed by atoms with Gasteiger partial charge in [-0.3, -0.25) is 14.2 Å². The molecule has 1 heterocycles. The number of nitrogens with zero attached hydrogens (tertiary/aromatic N) is 1. The van der Waals surface area contributed by atoms with Gasteiger partial charge in [-0.1, -0.05) is 32.0 Å². The van der Waals surface area contributed by atoms with Crippen LogP contribution in [0.25, 0.3) is 5.69 Å². The van der Waals surface area contributed by atoms with Gasteiger partial charge < -0.3 is 15.6 Å². The first-order valence-electron chi connectivity index (χ1n) is 8.54. The van der Waals surface area contributed by atoms with Crippen molar-refractivity contribution in [2.24, 2.45) is 5.92 Å². The Labute approximate surface area is 162 Å². The molecule has 0 atom stereocenters. The molecule has 0 bridgehead atoms. The first kappa shape index (κ1) is 18.6. The molecular formula is C20H20N4O2S. The highest BCUT2D eigenvalue weighted by Gasteiger charge is 2.14. The Bertz CT molecular complexity index is 1000. The summed E-state index contributed by atoms with van der Waals surface area (Å²) in [6.07, 6.45) is 1.59. The molecule has 0 aliphatic heterocycles. The lowest BCUT2D eigenvalue weighted by Crippen LogP contribution is -2.18. The number of nitrogens with one attached hydrogen (secondary N) is 3. The molecule has 2 amide bonds. The lowest BCUT2D eigenvalue weighted by Gasteiger charge is -2.11. The summed E-state index contributed by atoms with van der Waals surface area (Å²) in [5, 5.41) is 5.66. The number of carbonyl (C=O) groups excluding carboxylic acids is 2. The number of amides is 2. The van der Waals surface area contributed by atoms with Crippen LogP contribution in [0.3, 0.4) is 0 Å². The molecule has 0 aliphatic rings. The maximum absolute atomic E-state index is 12.7. The van der Waals surface area contributed by atoms with E-state index < -0.39 is 0 Å². The minimum absolute atomic E-state index is 0.0546. The Hall–Kier alpha value is -3.19. The van der Waals surface area contributed by atoms with Crippen molar-refractivity contribution >= 4 is 35.4 Å². The van der Waals surface area contributed by atoms with Gasteiger partial charge in [0.05, 0.1) is 0 Å². The quantitative estimate of drug-likeness (QED) is 0.575. The topological polar surface area (TPSA) is 78.9 Å². The smallest absolute Gasteiger partial charge is 0.274 e. The van der Waals surface area contributed by atoms with Crippen molar-refractivity contribution in [2.45, 2.75) is 13.8 Å². The molecule has 0 saturated heterocycles. The SMILES string of the molecule is CC(C)C(=O)Nc1ccc(NC(=O)c2c[nH]c(=S)n2-c2ccccc2)cc1. The zero-order valence-corrected chi connectivity index (χ0v) is 15.8. The summed E-state index contributed by atoms with van der Waals surface area (Å²) in [5.74, 6) is -0.440. The normalized spacial score (nSPS) is 10.6. The van der Waals surface area contributed by atoms with Gasteiger partial charge in [-0.05, 0) is 48.6 Å². The van der Waals surface area contributed by atoms with Crippen molar-refractivity contribution in [3.05, 3.63) is 71.3 Å². The van der Waals surface area contributed by atoms with Crippen LogP contribution in [0.2, 0.25) is 0 Å². The molecular weight excluding hydrogens is 360 g/mol. The third-order valence-electron chi connectivity index (χ3n) is 3.96. The number of hydrogen-bond acceptors (Lipinski definition) is 3. The van der Waals surface area contributed by atoms with Gasteiger partial charge in [0.25, 0.3) is 5.91 Å². The van der Waals surface area contributed by atoms with E-state index >= 15 is 0 Å². The van der Waals surface area contributed by atoms with Gasteiger partial charge in [0.2, 0.25) is 5.91 Å². The molecule has 27 heavy (non-hydrogen) atoms. The number of benzene rings is 2. The monoisotopic (exact) mass is 380 g/mol. The Morgan fingerprint density at radius 1 is 0.963 bits per heavy atom. The van der Waals surface area contributed by atoms with Crippen LogP contribution >= 0.6 is 12.2 Å². The van der Waals surface area contributed by atoms with Gasteiger partial charge in [-0.25, -0.2) is 0 Å². The van der Waals surface area contributed by atoms with Gasteiger partial charge in [0.1, 0.15) is 5.69 Å². The molecule has 7 heteroatoms. The van der Waals surface area contributed by atoms with E-state index in [4.69, 9.17) is 12.2 Å². The second-order valence-corrected chi connectivity index (χ2v) is 6.71. The van der Waals surface area contributed by atoms with E-state index in [-0.39, 0.29) is 17.7 Å². The largest absolute Gasteiger partial charge is 0.336 e. The number of carbonyl (C=O) groups is 2. The van der Waals surface area contributed by atoms with Crippen molar-refractivity contribution in [3.8, 4) is 5.69 Å². The second kappa shape index (κ2) is 8.01. The minimum Gasteiger partial charge on any atom is -0.336 e. The van der Waals surface area contributed by atoms with Crippen LogP contribution in [0.1, 0.15) is 24.3 Å². The number of anilines is 2. The number of H-pyrrole nitrogens is 1. The summed E-state index contributed by atoms with van der Waals surface area (Å²) < 4.78 is 2.13. The molecule has 3 rings (SSSR count). The molecule has 1 aromatic heterocycles. The highest BCUT2D eigenvalue weighted by molar-refractivity contribution is 7.71. The number of hydrogen-bond donors (Lipinski definition) is 3. The predicted octanol–water partition coefficient (Wildman–Crippen LogP) is 4.38. The molecule has 0 unspecified atom stereocenters. The maximum Gasteiger partial charge on any atom is 0.274 e. The third kappa shape index (κ3) is 4.32. The molecule has 2 aromatic carbocycles. The van der Waals surface area contributed by atoms with Gasteiger partial charge in [0.15, 0.2) is 4.77 Å². The maximum atomic E-state index is 12.7. The summed E-state index contributed by atoms with van der Waals surface area (Å²) in [6.45, 7) is 3.66. The third-order valence-corrected chi connectivity index (χ3v) is 4.26. The van der Waals surface area contributed by atoms with Crippen LogP contribution in [0.5, 0.6) is 0 Å². The van der Waals surface area contributed by atoms with E-state index in [0.717, 1.165) is 5.69 Å². The number of para-hydroxylation sites is 1. The average molecular weight is 380 g/mol. The highest BCUT2D eigenvalue weighted by Crippen LogP contribution is 2.17. The van der Waals surface area contributed by atoms with E-state index in [0.29, 0.717) is 21.8 Å². The van der Waals surface area contributed by atoms with Crippen LogP contribution in [-0.4, -0.2) is 21.4 Å². The summed E-state index contributed by atoms with van der Waals surface area (Å²) in [4.78, 5) is 27.4. The fourth-order valence-corrected chi connectivity index (χ4v) is 2.75. The fraction of sp³-hybridized carbons (Fsp3) is 0.150. The molecule has 138 valence electrons. The zero-order chi connectivity index (χ0) is 19.4. The predicted molar refractivity (Wildman–Crippen MR) is 109 cm³/mol. The highest BCUT2D eigenvalue weighted by atomic mass is 32.1. The van der Waals surface area contributed by atoms with Gasteiger partial charge in [-0.15, -0.1) is 0 Å².